The largest absolute Gasteiger partial charge is 0.492 e. The molecule has 5 heteroatoms. The minimum absolute atomic E-state index is 0.0197. The SMILES string of the molecule is CCC(=O)NC(C)c1nc2ccccc2n1CCOc1ccc(C(C)(C)C)cc1. The van der Waals surface area contributed by atoms with E-state index >= 15 is 0 Å². The molecule has 1 amide bonds. The molecule has 0 saturated heterocycles. The molecule has 1 N–H and O–H groups in total. The number of carbonyl (C=O) groups excluding carboxylic acids is 1. The Morgan fingerprint density at radius 2 is 1.83 bits per heavy atom. The van der Waals surface area contributed by atoms with Crippen molar-refractivity contribution in [2.75, 3.05) is 6.61 Å². The molecule has 3 rings (SSSR count). The van der Waals surface area contributed by atoms with E-state index in [0.717, 1.165) is 22.6 Å². The lowest BCUT2D eigenvalue weighted by Crippen LogP contribution is -2.28. The van der Waals surface area contributed by atoms with Crippen LogP contribution in [0.25, 0.3) is 11.0 Å². The number of imidazole rings is 1. The third-order valence-electron chi connectivity index (χ3n) is 5.07. The summed E-state index contributed by atoms with van der Waals surface area (Å²) in [5.41, 5.74) is 3.39. The molecule has 2 aromatic carbocycles. The Morgan fingerprint density at radius 1 is 1.14 bits per heavy atom. The average molecular weight is 394 g/mol. The fourth-order valence-electron chi connectivity index (χ4n) is 3.37. The van der Waals surface area contributed by atoms with Crippen LogP contribution < -0.4 is 10.1 Å². The number of para-hydroxylation sites is 2. The summed E-state index contributed by atoms with van der Waals surface area (Å²) in [6, 6.07) is 16.2. The van der Waals surface area contributed by atoms with Gasteiger partial charge in [-0.05, 0) is 42.2 Å². The number of carbonyl (C=O) groups is 1. The molecule has 0 fully saturated rings. The van der Waals surface area contributed by atoms with Gasteiger partial charge in [0.2, 0.25) is 5.91 Å². The predicted octanol–water partition coefficient (Wildman–Crippen LogP) is 5.00. The second-order valence-electron chi connectivity index (χ2n) is 8.38. The van der Waals surface area contributed by atoms with Gasteiger partial charge in [0.25, 0.3) is 0 Å². The normalized spacial score (nSPS) is 12.7. The van der Waals surface area contributed by atoms with E-state index in [9.17, 15) is 4.79 Å². The van der Waals surface area contributed by atoms with Crippen molar-refractivity contribution in [3.8, 4) is 5.75 Å². The topological polar surface area (TPSA) is 56.2 Å². The highest BCUT2D eigenvalue weighted by atomic mass is 16.5. The van der Waals surface area contributed by atoms with Gasteiger partial charge in [0.05, 0.1) is 23.6 Å². The number of rotatable bonds is 7. The summed E-state index contributed by atoms with van der Waals surface area (Å²) in [6.07, 6.45) is 0.457. The van der Waals surface area contributed by atoms with Gasteiger partial charge in [-0.1, -0.05) is 52.0 Å². The van der Waals surface area contributed by atoms with E-state index in [2.05, 4.69) is 48.9 Å². The molecule has 0 aliphatic carbocycles. The summed E-state index contributed by atoms with van der Waals surface area (Å²) >= 11 is 0. The fraction of sp³-hybridized carbons (Fsp3) is 0.417. The fourth-order valence-corrected chi connectivity index (χ4v) is 3.37. The van der Waals surface area contributed by atoms with Gasteiger partial charge in [0, 0.05) is 6.42 Å². The first-order valence-corrected chi connectivity index (χ1v) is 10.3. The Kier molecular flexibility index (Phi) is 6.26. The lowest BCUT2D eigenvalue weighted by atomic mass is 9.87. The first-order valence-electron chi connectivity index (χ1n) is 10.3. The molecule has 0 aliphatic heterocycles. The Morgan fingerprint density at radius 3 is 2.48 bits per heavy atom. The molecule has 5 nitrogen and oxygen atoms in total. The van der Waals surface area contributed by atoms with Crippen LogP contribution >= 0.6 is 0 Å². The highest BCUT2D eigenvalue weighted by Crippen LogP contribution is 2.25. The predicted molar refractivity (Wildman–Crippen MR) is 117 cm³/mol. The zero-order valence-electron chi connectivity index (χ0n) is 18.0. The lowest BCUT2D eigenvalue weighted by Gasteiger charge is -2.19. The van der Waals surface area contributed by atoms with Gasteiger partial charge in [0.1, 0.15) is 18.2 Å². The number of hydrogen-bond donors (Lipinski definition) is 1. The van der Waals surface area contributed by atoms with E-state index in [0.29, 0.717) is 19.6 Å². The number of nitrogens with one attached hydrogen (secondary N) is 1. The summed E-state index contributed by atoms with van der Waals surface area (Å²) in [5, 5.41) is 3.01. The van der Waals surface area contributed by atoms with Crippen LogP contribution in [0.2, 0.25) is 0 Å². The van der Waals surface area contributed by atoms with Crippen molar-refractivity contribution in [3.63, 3.8) is 0 Å². The van der Waals surface area contributed by atoms with Crippen molar-refractivity contribution in [1.29, 1.82) is 0 Å². The van der Waals surface area contributed by atoms with Gasteiger partial charge in [-0.25, -0.2) is 4.98 Å². The Balaban J connectivity index is 1.75. The lowest BCUT2D eigenvalue weighted by molar-refractivity contribution is -0.121. The van der Waals surface area contributed by atoms with Crippen molar-refractivity contribution in [1.82, 2.24) is 14.9 Å². The van der Waals surface area contributed by atoms with Crippen molar-refractivity contribution < 1.29 is 9.53 Å². The van der Waals surface area contributed by atoms with Gasteiger partial charge in [-0.2, -0.15) is 0 Å². The molecule has 0 saturated carbocycles. The van der Waals surface area contributed by atoms with Crippen molar-refractivity contribution >= 4 is 16.9 Å². The van der Waals surface area contributed by atoms with E-state index in [-0.39, 0.29) is 17.4 Å². The molecule has 154 valence electrons. The monoisotopic (exact) mass is 393 g/mol. The summed E-state index contributed by atoms with van der Waals surface area (Å²) in [5.74, 6) is 1.72. The molecule has 1 atom stereocenters. The minimum atomic E-state index is -0.166. The Labute approximate surface area is 173 Å². The molecular weight excluding hydrogens is 362 g/mol. The minimum Gasteiger partial charge on any atom is -0.492 e. The van der Waals surface area contributed by atoms with Crippen LogP contribution in [0.1, 0.15) is 58.5 Å². The molecule has 1 heterocycles. The van der Waals surface area contributed by atoms with Crippen molar-refractivity contribution in [2.45, 2.75) is 59.0 Å². The van der Waals surface area contributed by atoms with Crippen LogP contribution in [0.4, 0.5) is 0 Å². The number of hydrogen-bond acceptors (Lipinski definition) is 3. The molecule has 0 spiro atoms. The Bertz CT molecular complexity index is 968. The van der Waals surface area contributed by atoms with Crippen LogP contribution in [0.3, 0.4) is 0 Å². The molecule has 1 unspecified atom stereocenters. The van der Waals surface area contributed by atoms with E-state index in [1.165, 1.54) is 5.56 Å². The van der Waals surface area contributed by atoms with Crippen LogP contribution in [0.5, 0.6) is 5.75 Å². The summed E-state index contributed by atoms with van der Waals surface area (Å²) in [4.78, 5) is 16.6. The molecule has 0 bridgehead atoms. The summed E-state index contributed by atoms with van der Waals surface area (Å²) in [7, 11) is 0. The van der Waals surface area contributed by atoms with Crippen molar-refractivity contribution in [2.24, 2.45) is 0 Å². The van der Waals surface area contributed by atoms with E-state index < -0.39 is 0 Å². The molecule has 1 aromatic heterocycles. The van der Waals surface area contributed by atoms with E-state index in [4.69, 9.17) is 9.72 Å². The van der Waals surface area contributed by atoms with E-state index in [1.807, 2.05) is 44.2 Å². The Hall–Kier alpha value is -2.82. The summed E-state index contributed by atoms with van der Waals surface area (Å²) in [6.45, 7) is 11.6. The van der Waals surface area contributed by atoms with Crippen molar-refractivity contribution in [3.05, 3.63) is 59.9 Å². The van der Waals surface area contributed by atoms with Gasteiger partial charge in [-0.15, -0.1) is 0 Å². The molecular formula is C24H31N3O2. The maximum Gasteiger partial charge on any atom is 0.220 e. The van der Waals surface area contributed by atoms with Crippen LogP contribution in [-0.4, -0.2) is 22.1 Å². The molecule has 3 aromatic rings. The first kappa shape index (κ1) is 20.9. The number of benzene rings is 2. The highest BCUT2D eigenvalue weighted by Gasteiger charge is 2.18. The quantitative estimate of drug-likeness (QED) is 0.614. The van der Waals surface area contributed by atoms with Gasteiger partial charge in [0.15, 0.2) is 0 Å². The van der Waals surface area contributed by atoms with Gasteiger partial charge >= 0.3 is 0 Å². The first-order chi connectivity index (χ1) is 13.8. The average Bonchev–Trinajstić information content (AvgIpc) is 3.06. The number of amides is 1. The number of fused-ring (bicyclic) bond motifs is 1. The third kappa shape index (κ3) is 4.97. The third-order valence-corrected chi connectivity index (χ3v) is 5.07. The number of ether oxygens (including phenoxy) is 1. The number of aromatic nitrogens is 2. The molecule has 0 radical (unpaired) electrons. The van der Waals surface area contributed by atoms with Gasteiger partial charge in [-0.3, -0.25) is 4.79 Å². The smallest absolute Gasteiger partial charge is 0.220 e. The second-order valence-corrected chi connectivity index (χ2v) is 8.38. The summed E-state index contributed by atoms with van der Waals surface area (Å²) < 4.78 is 8.14. The second kappa shape index (κ2) is 8.68. The zero-order valence-corrected chi connectivity index (χ0v) is 18.0. The zero-order chi connectivity index (χ0) is 21.0. The maximum atomic E-state index is 11.8. The van der Waals surface area contributed by atoms with Crippen LogP contribution in [-0.2, 0) is 16.8 Å². The highest BCUT2D eigenvalue weighted by molar-refractivity contribution is 5.77. The van der Waals surface area contributed by atoms with Crippen LogP contribution in [0.15, 0.2) is 48.5 Å². The standard InChI is InChI=1S/C24H31N3O2/c1-6-22(28)25-17(2)23-26-20-9-7-8-10-21(20)27(23)15-16-29-19-13-11-18(12-14-19)24(3,4)5/h7-14,17H,6,15-16H2,1-5H3,(H,25,28). The van der Waals surface area contributed by atoms with E-state index in [1.54, 1.807) is 0 Å². The van der Waals surface area contributed by atoms with Crippen LogP contribution in [0, 0.1) is 0 Å². The molecule has 29 heavy (non-hydrogen) atoms. The maximum absolute atomic E-state index is 11.8. The molecule has 0 aliphatic rings. The number of nitrogens with zero attached hydrogens (tertiary/aromatic N) is 2. The van der Waals surface area contributed by atoms with Gasteiger partial charge < -0.3 is 14.6 Å².